The first-order valence-corrected chi connectivity index (χ1v) is 10.1. The summed E-state index contributed by atoms with van der Waals surface area (Å²) in [7, 11) is 1.49. The molecule has 0 saturated carbocycles. The number of carbonyl (C=O) groups is 2. The lowest BCUT2D eigenvalue weighted by atomic mass is 10.0. The molecule has 0 unspecified atom stereocenters. The molecule has 1 atom stereocenters. The number of esters is 1. The lowest BCUT2D eigenvalue weighted by Gasteiger charge is -2.33. The molecule has 1 aromatic heterocycles. The van der Waals surface area contributed by atoms with E-state index >= 15 is 0 Å². The second-order valence-electron chi connectivity index (χ2n) is 7.47. The number of rotatable bonds is 7. The molecular formula is C22H28N2O6. The van der Waals surface area contributed by atoms with Gasteiger partial charge in [0.05, 0.1) is 23.9 Å². The van der Waals surface area contributed by atoms with Crippen LogP contribution in [0.3, 0.4) is 0 Å². The summed E-state index contributed by atoms with van der Waals surface area (Å²) in [5.74, 6) is 0.823. The molecule has 8 nitrogen and oxygen atoms in total. The number of amides is 1. The molecule has 8 heteroatoms. The molecular weight excluding hydrogens is 388 g/mol. The minimum atomic E-state index is -0.580. The van der Waals surface area contributed by atoms with Crippen molar-refractivity contribution in [3.63, 3.8) is 0 Å². The SMILES string of the molecule is COc1cc(C(=O)OCC(=O)N2CCCC[C@H]2C)ccc1OCc1c(C)noc1C. The molecule has 162 valence electrons. The average molecular weight is 416 g/mol. The molecule has 0 radical (unpaired) electrons. The summed E-state index contributed by atoms with van der Waals surface area (Å²) >= 11 is 0. The molecule has 1 aliphatic heterocycles. The van der Waals surface area contributed by atoms with Crippen LogP contribution in [0.5, 0.6) is 11.5 Å². The van der Waals surface area contributed by atoms with E-state index in [9.17, 15) is 9.59 Å². The van der Waals surface area contributed by atoms with Crippen molar-refractivity contribution in [1.29, 1.82) is 0 Å². The third-order valence-corrected chi connectivity index (χ3v) is 5.40. The van der Waals surface area contributed by atoms with Crippen molar-refractivity contribution in [1.82, 2.24) is 10.1 Å². The van der Waals surface area contributed by atoms with Crippen LogP contribution in [0.4, 0.5) is 0 Å². The molecule has 1 aliphatic rings. The van der Waals surface area contributed by atoms with Crippen LogP contribution in [0.15, 0.2) is 22.7 Å². The minimum absolute atomic E-state index is 0.165. The Kier molecular flexibility index (Phi) is 6.97. The highest BCUT2D eigenvalue weighted by Crippen LogP contribution is 2.30. The van der Waals surface area contributed by atoms with Crippen LogP contribution in [0.2, 0.25) is 0 Å². The van der Waals surface area contributed by atoms with Crippen molar-refractivity contribution in [2.75, 3.05) is 20.3 Å². The van der Waals surface area contributed by atoms with Crippen LogP contribution < -0.4 is 9.47 Å². The van der Waals surface area contributed by atoms with Crippen molar-refractivity contribution >= 4 is 11.9 Å². The highest BCUT2D eigenvalue weighted by atomic mass is 16.5. The monoisotopic (exact) mass is 416 g/mol. The fourth-order valence-corrected chi connectivity index (χ4v) is 3.53. The number of aryl methyl sites for hydroxylation is 2. The zero-order chi connectivity index (χ0) is 21.7. The van der Waals surface area contributed by atoms with Crippen LogP contribution >= 0.6 is 0 Å². The van der Waals surface area contributed by atoms with Gasteiger partial charge < -0.3 is 23.6 Å². The van der Waals surface area contributed by atoms with E-state index in [1.54, 1.807) is 23.1 Å². The molecule has 30 heavy (non-hydrogen) atoms. The highest BCUT2D eigenvalue weighted by Gasteiger charge is 2.24. The first-order chi connectivity index (χ1) is 14.4. The topological polar surface area (TPSA) is 91.1 Å². The van der Waals surface area contributed by atoms with E-state index in [1.165, 1.54) is 7.11 Å². The quantitative estimate of drug-likeness (QED) is 0.639. The lowest BCUT2D eigenvalue weighted by molar-refractivity contribution is -0.137. The van der Waals surface area contributed by atoms with Gasteiger partial charge in [0, 0.05) is 12.6 Å². The molecule has 0 N–H and O–H groups in total. The van der Waals surface area contributed by atoms with Gasteiger partial charge in [0.2, 0.25) is 0 Å². The van der Waals surface area contributed by atoms with E-state index in [1.807, 2.05) is 20.8 Å². The Hall–Kier alpha value is -3.03. The van der Waals surface area contributed by atoms with Gasteiger partial charge in [-0.2, -0.15) is 0 Å². The molecule has 1 saturated heterocycles. The highest BCUT2D eigenvalue weighted by molar-refractivity contribution is 5.92. The standard InChI is InChI=1S/C22H28N2O6/c1-14-7-5-6-10-24(14)21(25)13-29-22(26)17-8-9-19(20(11-17)27-4)28-12-18-15(2)23-30-16(18)3/h8-9,11,14H,5-7,10,12-13H2,1-4H3/t14-/m1/s1. The first kappa shape index (κ1) is 21.7. The van der Waals surface area contributed by atoms with Crippen molar-refractivity contribution in [3.8, 4) is 11.5 Å². The van der Waals surface area contributed by atoms with E-state index < -0.39 is 5.97 Å². The van der Waals surface area contributed by atoms with Gasteiger partial charge in [-0.25, -0.2) is 4.79 Å². The molecule has 0 aliphatic carbocycles. The first-order valence-electron chi connectivity index (χ1n) is 10.1. The second-order valence-corrected chi connectivity index (χ2v) is 7.47. The Bertz CT molecular complexity index is 888. The molecule has 1 amide bonds. The summed E-state index contributed by atoms with van der Waals surface area (Å²) in [6, 6.07) is 4.95. The number of likely N-dealkylation sites (tertiary alicyclic amines) is 1. The van der Waals surface area contributed by atoms with E-state index in [-0.39, 0.29) is 30.7 Å². The van der Waals surface area contributed by atoms with E-state index in [2.05, 4.69) is 5.16 Å². The molecule has 0 bridgehead atoms. The molecule has 1 aromatic carbocycles. The number of hydrogen-bond acceptors (Lipinski definition) is 7. The Morgan fingerprint density at radius 1 is 1.23 bits per heavy atom. The van der Waals surface area contributed by atoms with E-state index in [4.69, 9.17) is 18.7 Å². The maximum Gasteiger partial charge on any atom is 0.338 e. The number of hydrogen-bond donors (Lipinski definition) is 0. The van der Waals surface area contributed by atoms with Gasteiger partial charge in [0.15, 0.2) is 18.1 Å². The Labute approximate surface area is 176 Å². The van der Waals surface area contributed by atoms with Crippen LogP contribution in [0.1, 0.15) is 53.6 Å². The number of ether oxygens (including phenoxy) is 3. The van der Waals surface area contributed by atoms with Gasteiger partial charge in [-0.1, -0.05) is 5.16 Å². The van der Waals surface area contributed by atoms with Gasteiger partial charge in [0.25, 0.3) is 5.91 Å². The summed E-state index contributed by atoms with van der Waals surface area (Å²) in [4.78, 5) is 26.6. The Morgan fingerprint density at radius 3 is 2.70 bits per heavy atom. The fourth-order valence-electron chi connectivity index (χ4n) is 3.53. The maximum atomic E-state index is 12.4. The third-order valence-electron chi connectivity index (χ3n) is 5.40. The summed E-state index contributed by atoms with van der Waals surface area (Å²) < 4.78 is 21.5. The number of carbonyl (C=O) groups excluding carboxylic acids is 2. The van der Waals surface area contributed by atoms with Crippen LogP contribution in [0.25, 0.3) is 0 Å². The molecule has 0 spiro atoms. The summed E-state index contributed by atoms with van der Waals surface area (Å²) in [6.07, 6.45) is 3.08. The predicted octanol–water partition coefficient (Wildman–Crippen LogP) is 3.44. The number of aromatic nitrogens is 1. The molecule has 3 rings (SSSR count). The smallest absolute Gasteiger partial charge is 0.338 e. The van der Waals surface area contributed by atoms with Crippen molar-refractivity contribution < 1.29 is 28.3 Å². The number of nitrogens with zero attached hydrogens (tertiary/aromatic N) is 2. The molecule has 2 heterocycles. The van der Waals surface area contributed by atoms with Crippen molar-refractivity contribution in [3.05, 3.63) is 40.8 Å². The van der Waals surface area contributed by atoms with Gasteiger partial charge in [-0.15, -0.1) is 0 Å². The third kappa shape index (κ3) is 4.93. The van der Waals surface area contributed by atoms with Crippen LogP contribution in [-0.4, -0.2) is 48.2 Å². The van der Waals surface area contributed by atoms with Crippen LogP contribution in [0, 0.1) is 13.8 Å². The Morgan fingerprint density at radius 2 is 2.03 bits per heavy atom. The summed E-state index contributed by atoms with van der Waals surface area (Å²) in [5, 5.41) is 3.90. The number of methoxy groups -OCH3 is 1. The molecule has 2 aromatic rings. The van der Waals surface area contributed by atoms with Gasteiger partial charge in [-0.05, 0) is 58.2 Å². The Balaban J connectivity index is 1.60. The fraction of sp³-hybridized carbons (Fsp3) is 0.500. The summed E-state index contributed by atoms with van der Waals surface area (Å²) in [5.41, 5.74) is 1.92. The predicted molar refractivity (Wildman–Crippen MR) is 109 cm³/mol. The number of benzene rings is 1. The summed E-state index contributed by atoms with van der Waals surface area (Å²) in [6.45, 7) is 6.39. The zero-order valence-corrected chi connectivity index (χ0v) is 17.9. The zero-order valence-electron chi connectivity index (χ0n) is 17.9. The van der Waals surface area contributed by atoms with Gasteiger partial charge >= 0.3 is 5.97 Å². The second kappa shape index (κ2) is 9.65. The number of piperidine rings is 1. The average Bonchev–Trinajstić information content (AvgIpc) is 3.07. The molecule has 1 fully saturated rings. The largest absolute Gasteiger partial charge is 0.493 e. The van der Waals surface area contributed by atoms with E-state index in [0.29, 0.717) is 23.8 Å². The maximum absolute atomic E-state index is 12.4. The van der Waals surface area contributed by atoms with Crippen molar-refractivity contribution in [2.24, 2.45) is 0 Å². The van der Waals surface area contributed by atoms with Gasteiger partial charge in [0.1, 0.15) is 12.4 Å². The van der Waals surface area contributed by atoms with Crippen molar-refractivity contribution in [2.45, 2.75) is 52.7 Å². The van der Waals surface area contributed by atoms with Crippen LogP contribution in [-0.2, 0) is 16.1 Å². The van der Waals surface area contributed by atoms with E-state index in [0.717, 1.165) is 30.5 Å². The minimum Gasteiger partial charge on any atom is -0.493 e. The normalized spacial score (nSPS) is 16.3. The van der Waals surface area contributed by atoms with Gasteiger partial charge in [-0.3, -0.25) is 4.79 Å². The lowest BCUT2D eigenvalue weighted by Crippen LogP contribution is -2.44.